The molecule has 0 aliphatic heterocycles. The van der Waals surface area contributed by atoms with Gasteiger partial charge in [0, 0.05) is 27.1 Å². The van der Waals surface area contributed by atoms with Crippen molar-refractivity contribution in [1.29, 1.82) is 5.26 Å². The van der Waals surface area contributed by atoms with E-state index in [2.05, 4.69) is 11.1 Å². The number of fused-ring (bicyclic) bond motifs is 1. The number of anilines is 2. The smallest absolute Gasteiger partial charge is 0.205 e. The van der Waals surface area contributed by atoms with Crippen LogP contribution in [0.25, 0.3) is 21.3 Å². The number of carbonyl (C=O) groups is 1. The van der Waals surface area contributed by atoms with Gasteiger partial charge in [-0.3, -0.25) is 4.79 Å². The molecular formula is C23H17ClN4O2S. The van der Waals surface area contributed by atoms with Crippen molar-refractivity contribution in [3.05, 3.63) is 69.6 Å². The van der Waals surface area contributed by atoms with Gasteiger partial charge in [0.2, 0.25) is 5.78 Å². The molecule has 2 aromatic carbocycles. The Morgan fingerprint density at radius 3 is 2.58 bits per heavy atom. The standard InChI is InChI=1S/C23H17ClN4O2S/c1-2-30-16-6-4-3-5-14(16)17-15(11-25)22(27)28-23-18(17)19(26)21(31-23)20(29)12-7-9-13(24)10-8-12/h3-10H,2,26H2,1H3,(H2,27,28). The monoisotopic (exact) mass is 448 g/mol. The molecule has 31 heavy (non-hydrogen) atoms. The van der Waals surface area contributed by atoms with Crippen molar-refractivity contribution >= 4 is 50.4 Å². The van der Waals surface area contributed by atoms with Crippen LogP contribution in [0.3, 0.4) is 0 Å². The van der Waals surface area contributed by atoms with E-state index in [-0.39, 0.29) is 22.9 Å². The molecule has 4 rings (SSSR count). The van der Waals surface area contributed by atoms with Crippen LogP contribution in [-0.2, 0) is 0 Å². The lowest BCUT2D eigenvalue weighted by Gasteiger charge is -2.14. The van der Waals surface area contributed by atoms with Crippen LogP contribution in [0.1, 0.15) is 27.7 Å². The number of hydrogen-bond acceptors (Lipinski definition) is 7. The van der Waals surface area contributed by atoms with Crippen LogP contribution in [0.5, 0.6) is 5.75 Å². The number of benzene rings is 2. The number of pyridine rings is 1. The molecule has 0 aliphatic rings. The van der Waals surface area contributed by atoms with Gasteiger partial charge >= 0.3 is 0 Å². The molecule has 0 saturated heterocycles. The summed E-state index contributed by atoms with van der Waals surface area (Å²) in [6.07, 6.45) is 0. The highest BCUT2D eigenvalue weighted by Crippen LogP contribution is 2.45. The van der Waals surface area contributed by atoms with Gasteiger partial charge in [0.15, 0.2) is 0 Å². The first-order valence-electron chi connectivity index (χ1n) is 9.40. The minimum atomic E-state index is -0.252. The van der Waals surface area contributed by atoms with E-state index < -0.39 is 0 Å². The first kappa shape index (κ1) is 20.7. The van der Waals surface area contributed by atoms with Crippen molar-refractivity contribution in [2.45, 2.75) is 6.92 Å². The van der Waals surface area contributed by atoms with Crippen LogP contribution < -0.4 is 16.2 Å². The van der Waals surface area contributed by atoms with Gasteiger partial charge in [0.25, 0.3) is 0 Å². The summed E-state index contributed by atoms with van der Waals surface area (Å²) in [5.41, 5.74) is 14.7. The van der Waals surface area contributed by atoms with Crippen LogP contribution in [0.4, 0.5) is 11.5 Å². The van der Waals surface area contributed by atoms with Gasteiger partial charge < -0.3 is 16.2 Å². The number of nitrogens with two attached hydrogens (primary N) is 2. The van der Waals surface area contributed by atoms with Crippen LogP contribution in [-0.4, -0.2) is 17.4 Å². The molecule has 2 heterocycles. The molecule has 0 amide bonds. The van der Waals surface area contributed by atoms with E-state index in [9.17, 15) is 10.1 Å². The second-order valence-electron chi connectivity index (χ2n) is 6.65. The van der Waals surface area contributed by atoms with E-state index in [1.165, 1.54) is 0 Å². The van der Waals surface area contributed by atoms with Crippen LogP contribution in [0, 0.1) is 11.3 Å². The molecule has 0 bridgehead atoms. The average molecular weight is 449 g/mol. The number of aromatic nitrogens is 1. The van der Waals surface area contributed by atoms with E-state index in [1.807, 2.05) is 31.2 Å². The summed E-state index contributed by atoms with van der Waals surface area (Å²) in [7, 11) is 0. The van der Waals surface area contributed by atoms with Crippen molar-refractivity contribution in [3.8, 4) is 22.9 Å². The molecule has 0 atom stereocenters. The lowest BCUT2D eigenvalue weighted by molar-refractivity contribution is 0.104. The summed E-state index contributed by atoms with van der Waals surface area (Å²) in [6, 6.07) is 16.0. The minimum absolute atomic E-state index is 0.0723. The third-order valence-electron chi connectivity index (χ3n) is 4.79. The maximum Gasteiger partial charge on any atom is 0.205 e. The zero-order valence-corrected chi connectivity index (χ0v) is 18.1. The number of ether oxygens (including phenoxy) is 1. The number of hydrogen-bond donors (Lipinski definition) is 2. The highest BCUT2D eigenvalue weighted by molar-refractivity contribution is 7.21. The Hall–Kier alpha value is -3.60. The normalized spacial score (nSPS) is 10.7. The Morgan fingerprint density at radius 1 is 1.19 bits per heavy atom. The first-order chi connectivity index (χ1) is 15.0. The van der Waals surface area contributed by atoms with Gasteiger partial charge in [-0.05, 0) is 37.3 Å². The van der Waals surface area contributed by atoms with Crippen LogP contribution in [0.2, 0.25) is 5.02 Å². The fourth-order valence-corrected chi connectivity index (χ4v) is 4.61. The molecule has 0 spiro atoms. The third kappa shape index (κ3) is 3.56. The second kappa shape index (κ2) is 8.26. The fraction of sp³-hybridized carbons (Fsp3) is 0.0870. The maximum atomic E-state index is 13.1. The minimum Gasteiger partial charge on any atom is -0.493 e. The second-order valence-corrected chi connectivity index (χ2v) is 8.08. The first-order valence-corrected chi connectivity index (χ1v) is 10.6. The number of nitrogens with zero attached hydrogens (tertiary/aromatic N) is 2. The SMILES string of the molecule is CCOc1ccccc1-c1c(C#N)c(N)nc2sc(C(=O)c3ccc(Cl)cc3)c(N)c12. The van der Waals surface area contributed by atoms with Gasteiger partial charge in [-0.1, -0.05) is 29.8 Å². The van der Waals surface area contributed by atoms with Gasteiger partial charge in [-0.2, -0.15) is 5.26 Å². The third-order valence-corrected chi connectivity index (χ3v) is 6.14. The number of thiophene rings is 1. The lowest BCUT2D eigenvalue weighted by Crippen LogP contribution is -2.03. The number of nitriles is 1. The Morgan fingerprint density at radius 2 is 1.90 bits per heavy atom. The van der Waals surface area contributed by atoms with Crippen molar-refractivity contribution < 1.29 is 9.53 Å². The summed E-state index contributed by atoms with van der Waals surface area (Å²) >= 11 is 7.08. The van der Waals surface area contributed by atoms with Gasteiger partial charge in [-0.25, -0.2) is 4.98 Å². The molecule has 0 radical (unpaired) electrons. The fourth-order valence-electron chi connectivity index (χ4n) is 3.41. The Labute approximate surface area is 187 Å². The average Bonchev–Trinajstić information content (AvgIpc) is 3.09. The molecule has 0 saturated carbocycles. The maximum absolute atomic E-state index is 13.1. The molecule has 4 N–H and O–H groups in total. The van der Waals surface area contributed by atoms with Gasteiger partial charge in [0.1, 0.15) is 32.9 Å². The Kier molecular flexibility index (Phi) is 5.51. The molecule has 154 valence electrons. The number of rotatable bonds is 5. The molecule has 0 fully saturated rings. The summed E-state index contributed by atoms with van der Waals surface area (Å²) in [4.78, 5) is 18.3. The summed E-state index contributed by atoms with van der Waals surface area (Å²) < 4.78 is 5.77. The van der Waals surface area contributed by atoms with Crippen LogP contribution in [0.15, 0.2) is 48.5 Å². The summed E-state index contributed by atoms with van der Waals surface area (Å²) in [5, 5.41) is 10.9. The quantitative estimate of drug-likeness (QED) is 0.401. The number of halogens is 1. The van der Waals surface area contributed by atoms with E-state index in [0.29, 0.717) is 49.2 Å². The molecule has 4 aromatic rings. The van der Waals surface area contributed by atoms with Crippen molar-refractivity contribution in [2.24, 2.45) is 0 Å². The number of carbonyl (C=O) groups excluding carboxylic acids is 1. The summed E-state index contributed by atoms with van der Waals surface area (Å²) in [6.45, 7) is 2.32. The number of nitrogen functional groups attached to an aromatic ring is 2. The van der Waals surface area contributed by atoms with E-state index >= 15 is 0 Å². The highest BCUT2D eigenvalue weighted by atomic mass is 35.5. The zero-order valence-electron chi connectivity index (χ0n) is 16.5. The predicted octanol–water partition coefficient (Wildman–Crippen LogP) is 5.28. The van der Waals surface area contributed by atoms with E-state index in [0.717, 1.165) is 11.3 Å². The Balaban J connectivity index is 2.02. The molecular weight excluding hydrogens is 432 g/mol. The van der Waals surface area contributed by atoms with E-state index in [4.69, 9.17) is 27.8 Å². The zero-order chi connectivity index (χ0) is 22.1. The molecule has 6 nitrogen and oxygen atoms in total. The largest absolute Gasteiger partial charge is 0.493 e. The van der Waals surface area contributed by atoms with Crippen molar-refractivity contribution in [2.75, 3.05) is 18.1 Å². The number of para-hydroxylation sites is 1. The Bertz CT molecular complexity index is 1360. The van der Waals surface area contributed by atoms with Crippen molar-refractivity contribution in [1.82, 2.24) is 4.98 Å². The van der Waals surface area contributed by atoms with Crippen molar-refractivity contribution in [3.63, 3.8) is 0 Å². The van der Waals surface area contributed by atoms with E-state index in [1.54, 1.807) is 24.3 Å². The molecule has 0 aliphatic carbocycles. The van der Waals surface area contributed by atoms with Gasteiger partial charge in [-0.15, -0.1) is 11.3 Å². The molecule has 0 unspecified atom stereocenters. The predicted molar refractivity (Wildman–Crippen MR) is 125 cm³/mol. The van der Waals surface area contributed by atoms with Crippen LogP contribution >= 0.6 is 22.9 Å². The summed E-state index contributed by atoms with van der Waals surface area (Å²) in [5.74, 6) is 0.408. The molecule has 8 heteroatoms. The molecule has 2 aromatic heterocycles. The highest BCUT2D eigenvalue weighted by Gasteiger charge is 2.26. The topological polar surface area (TPSA) is 115 Å². The van der Waals surface area contributed by atoms with Gasteiger partial charge in [0.05, 0.1) is 12.3 Å². The lowest BCUT2D eigenvalue weighted by atomic mass is 9.96. The number of ketones is 1.